The molecule has 0 bridgehead atoms. The normalized spacial score (nSPS) is 10.9. The van der Waals surface area contributed by atoms with Crippen molar-refractivity contribution in [3.8, 4) is 28.5 Å². The first-order chi connectivity index (χ1) is 30.8. The van der Waals surface area contributed by atoms with Crippen LogP contribution in [0.5, 0.6) is 0 Å². The molecule has 1 aromatic heterocycles. The third-order valence-corrected chi connectivity index (χ3v) is 10.8. The van der Waals surface area contributed by atoms with Gasteiger partial charge in [-0.25, -0.2) is 9.67 Å². The van der Waals surface area contributed by atoms with E-state index in [1.165, 1.54) is 0 Å². The highest BCUT2D eigenvalue weighted by molar-refractivity contribution is 5.81. The summed E-state index contributed by atoms with van der Waals surface area (Å²) in [4.78, 5) is 12.1. The van der Waals surface area contributed by atoms with E-state index in [9.17, 15) is 0 Å². The Kier molecular flexibility index (Phi) is 10.6. The quantitative estimate of drug-likeness (QED) is 0.123. The second-order valence-electron chi connectivity index (χ2n) is 14.8. The fourth-order valence-electron chi connectivity index (χ4n) is 7.87. The van der Waals surface area contributed by atoms with Gasteiger partial charge in [0.2, 0.25) is 0 Å². The van der Waals surface area contributed by atoms with Crippen LogP contribution in [0, 0.1) is 0 Å². The van der Waals surface area contributed by atoms with Crippen LogP contribution in [0.2, 0.25) is 0 Å². The molecule has 0 unspecified atom stereocenters. The topological polar surface area (TPSA) is 40.4 Å². The van der Waals surface area contributed by atoms with Crippen LogP contribution in [0.3, 0.4) is 0 Å². The molecule has 10 rings (SSSR count). The lowest BCUT2D eigenvalue weighted by Gasteiger charge is -2.25. The van der Waals surface area contributed by atoms with Crippen LogP contribution in [-0.4, -0.2) is 14.8 Å². The van der Waals surface area contributed by atoms with Gasteiger partial charge in [-0.15, -0.1) is 5.10 Å². The minimum Gasteiger partial charge on any atom is -0.311 e. The third-order valence-electron chi connectivity index (χ3n) is 10.8. The minimum atomic E-state index is 0.635. The van der Waals surface area contributed by atoms with E-state index in [2.05, 4.69) is 233 Å². The third kappa shape index (κ3) is 7.84. The molecular formula is C56H42N6. The molecule has 1 heterocycles. The molecule has 9 aromatic carbocycles. The molecule has 0 radical (unpaired) electrons. The van der Waals surface area contributed by atoms with Crippen molar-refractivity contribution in [2.75, 3.05) is 14.7 Å². The second-order valence-corrected chi connectivity index (χ2v) is 14.8. The minimum absolute atomic E-state index is 0.635. The predicted octanol–water partition coefficient (Wildman–Crippen LogP) is 15.0. The van der Waals surface area contributed by atoms with Crippen LogP contribution >= 0.6 is 0 Å². The highest BCUT2D eigenvalue weighted by Gasteiger charge is 2.20. The maximum Gasteiger partial charge on any atom is 0.182 e. The summed E-state index contributed by atoms with van der Waals surface area (Å²) in [7, 11) is 0. The van der Waals surface area contributed by atoms with Gasteiger partial charge in [-0.2, -0.15) is 0 Å². The SMILES string of the molecule is c1ccc(N(c2ccccc2)c2ccc(-c3nc(-c4ccc(N(c5ccccc5)c5ccccc5)cc4)n(-c4ccc(N(c5ccccc5)c5ccccc5)cc4)n3)cc2)cc1. The molecule has 0 aliphatic heterocycles. The van der Waals surface area contributed by atoms with Gasteiger partial charge >= 0.3 is 0 Å². The number of aromatic nitrogens is 3. The van der Waals surface area contributed by atoms with Crippen molar-refractivity contribution in [2.45, 2.75) is 0 Å². The Hall–Kier alpha value is -8.48. The van der Waals surface area contributed by atoms with Gasteiger partial charge in [-0.3, -0.25) is 0 Å². The van der Waals surface area contributed by atoms with Gasteiger partial charge in [0.25, 0.3) is 0 Å². The molecule has 0 saturated heterocycles. The Morgan fingerprint density at radius 2 is 0.516 bits per heavy atom. The fraction of sp³-hybridized carbons (Fsp3) is 0. The number of nitrogens with zero attached hydrogens (tertiary/aromatic N) is 6. The van der Waals surface area contributed by atoms with Crippen molar-refractivity contribution >= 4 is 51.2 Å². The van der Waals surface area contributed by atoms with Gasteiger partial charge in [0.1, 0.15) is 0 Å². The van der Waals surface area contributed by atoms with E-state index in [1.807, 2.05) is 41.1 Å². The Morgan fingerprint density at radius 3 is 0.823 bits per heavy atom. The van der Waals surface area contributed by atoms with Gasteiger partial charge in [-0.05, 0) is 146 Å². The summed E-state index contributed by atoms with van der Waals surface area (Å²) in [6, 6.07) is 88.3. The van der Waals surface area contributed by atoms with Crippen molar-refractivity contribution < 1.29 is 0 Å². The number of anilines is 9. The van der Waals surface area contributed by atoms with E-state index in [0.29, 0.717) is 5.82 Å². The number of hydrogen-bond acceptors (Lipinski definition) is 5. The van der Waals surface area contributed by atoms with Gasteiger partial charge < -0.3 is 14.7 Å². The zero-order chi connectivity index (χ0) is 41.5. The monoisotopic (exact) mass is 798 g/mol. The number of benzene rings is 9. The first-order valence-corrected chi connectivity index (χ1v) is 20.8. The number of para-hydroxylation sites is 6. The van der Waals surface area contributed by atoms with Crippen LogP contribution in [0.1, 0.15) is 0 Å². The predicted molar refractivity (Wildman–Crippen MR) is 256 cm³/mol. The first kappa shape index (κ1) is 37.8. The molecule has 0 aliphatic rings. The van der Waals surface area contributed by atoms with Gasteiger partial charge in [0.05, 0.1) is 5.69 Å². The smallest absolute Gasteiger partial charge is 0.182 e. The summed E-state index contributed by atoms with van der Waals surface area (Å²) in [6.07, 6.45) is 0. The van der Waals surface area contributed by atoms with E-state index in [-0.39, 0.29) is 0 Å². The lowest BCUT2D eigenvalue weighted by molar-refractivity contribution is 0.890. The summed E-state index contributed by atoms with van der Waals surface area (Å²) in [5.41, 5.74) is 12.4. The summed E-state index contributed by atoms with van der Waals surface area (Å²) >= 11 is 0. The van der Waals surface area contributed by atoms with Crippen LogP contribution in [-0.2, 0) is 0 Å². The average Bonchev–Trinajstić information content (AvgIpc) is 3.80. The van der Waals surface area contributed by atoms with E-state index >= 15 is 0 Å². The van der Waals surface area contributed by atoms with Gasteiger partial charge in [0.15, 0.2) is 11.6 Å². The zero-order valence-electron chi connectivity index (χ0n) is 33.9. The van der Waals surface area contributed by atoms with Crippen LogP contribution in [0.4, 0.5) is 51.2 Å². The van der Waals surface area contributed by atoms with Crippen molar-refractivity contribution in [1.29, 1.82) is 0 Å². The molecule has 0 N–H and O–H groups in total. The molecule has 10 aromatic rings. The molecule has 6 nitrogen and oxygen atoms in total. The molecule has 62 heavy (non-hydrogen) atoms. The van der Waals surface area contributed by atoms with E-state index in [4.69, 9.17) is 10.1 Å². The maximum absolute atomic E-state index is 5.28. The van der Waals surface area contributed by atoms with E-state index < -0.39 is 0 Å². The Morgan fingerprint density at radius 1 is 0.258 bits per heavy atom. The highest BCUT2D eigenvalue weighted by atomic mass is 15.4. The van der Waals surface area contributed by atoms with Crippen LogP contribution in [0.15, 0.2) is 255 Å². The Balaban J connectivity index is 1.05. The van der Waals surface area contributed by atoms with Crippen LogP contribution < -0.4 is 14.7 Å². The molecule has 6 heteroatoms. The lowest BCUT2D eigenvalue weighted by Crippen LogP contribution is -2.10. The maximum atomic E-state index is 5.28. The number of rotatable bonds is 12. The van der Waals surface area contributed by atoms with Crippen LogP contribution in [0.25, 0.3) is 28.5 Å². The van der Waals surface area contributed by atoms with Gasteiger partial charge in [0, 0.05) is 62.3 Å². The molecule has 0 aliphatic carbocycles. The van der Waals surface area contributed by atoms with Crippen molar-refractivity contribution in [1.82, 2.24) is 14.8 Å². The summed E-state index contributed by atoms with van der Waals surface area (Å²) < 4.78 is 1.96. The number of hydrogen-bond donors (Lipinski definition) is 0. The van der Waals surface area contributed by atoms with E-state index in [0.717, 1.165) is 73.8 Å². The molecule has 0 fully saturated rings. The Bertz CT molecular complexity index is 2700. The second kappa shape index (κ2) is 17.4. The molecular weight excluding hydrogens is 757 g/mol. The van der Waals surface area contributed by atoms with Crippen molar-refractivity contribution in [3.63, 3.8) is 0 Å². The Labute approximate surface area is 362 Å². The standard InChI is InChI=1S/C56H42N6/c1-7-19-45(20-8-1)59(46-21-9-2-10-22-46)51-35-31-43(32-36-51)55-57-56(44-33-37-52(38-34-44)60(47-23-11-3-12-24-47)48-25-13-4-14-26-48)62(58-55)54-41-39-53(40-42-54)61(49-27-15-5-16-28-49)50-29-17-6-18-30-50/h1-42H. The average molecular weight is 799 g/mol. The molecule has 296 valence electrons. The lowest BCUT2D eigenvalue weighted by atomic mass is 10.1. The van der Waals surface area contributed by atoms with Crippen molar-refractivity contribution in [3.05, 3.63) is 255 Å². The largest absolute Gasteiger partial charge is 0.311 e. The summed E-state index contributed by atoms with van der Waals surface area (Å²) in [6.45, 7) is 0. The van der Waals surface area contributed by atoms with Gasteiger partial charge in [-0.1, -0.05) is 109 Å². The van der Waals surface area contributed by atoms with E-state index in [1.54, 1.807) is 0 Å². The zero-order valence-corrected chi connectivity index (χ0v) is 33.9. The van der Waals surface area contributed by atoms with Crippen molar-refractivity contribution in [2.24, 2.45) is 0 Å². The highest BCUT2D eigenvalue weighted by Crippen LogP contribution is 2.39. The fourth-order valence-corrected chi connectivity index (χ4v) is 7.87. The molecule has 0 atom stereocenters. The molecule has 0 spiro atoms. The molecule has 0 amide bonds. The first-order valence-electron chi connectivity index (χ1n) is 20.8. The summed E-state index contributed by atoms with van der Waals surface area (Å²) in [5.74, 6) is 1.38. The molecule has 0 saturated carbocycles. The summed E-state index contributed by atoms with van der Waals surface area (Å²) in [5, 5.41) is 5.23.